The van der Waals surface area contributed by atoms with Crippen LogP contribution in [-0.2, 0) is 0 Å². The lowest BCUT2D eigenvalue weighted by Gasteiger charge is -1.92. The van der Waals surface area contributed by atoms with Gasteiger partial charge in [0, 0.05) is 5.70 Å². The molecule has 0 rings (SSSR count). The molecule has 0 aromatic heterocycles. The van der Waals surface area contributed by atoms with Crippen molar-refractivity contribution in [1.82, 2.24) is 0 Å². The largest absolute Gasteiger partial charge is 0.402 e. The molecule has 0 aliphatic heterocycles. The maximum Gasteiger partial charge on any atom is 0.00802 e. The highest BCUT2D eigenvalue weighted by Gasteiger charge is 1.82. The normalized spacial score (nSPS) is 12.9. The summed E-state index contributed by atoms with van der Waals surface area (Å²) in [6, 6.07) is 0. The smallest absolute Gasteiger partial charge is 0.00802 e. The van der Waals surface area contributed by atoms with E-state index < -0.39 is 0 Å². The molecule has 1 heteroatoms. The second-order valence-electron chi connectivity index (χ2n) is 2.02. The Hall–Kier alpha value is -0.720. The summed E-state index contributed by atoms with van der Waals surface area (Å²) in [4.78, 5) is 0. The van der Waals surface area contributed by atoms with Gasteiger partial charge in [0.1, 0.15) is 0 Å². The van der Waals surface area contributed by atoms with E-state index in [1.165, 1.54) is 0 Å². The Labute approximate surface area is 57.3 Å². The zero-order chi connectivity index (χ0) is 7.11. The minimum absolute atomic E-state index is 0.968. The van der Waals surface area contributed by atoms with Gasteiger partial charge in [0.05, 0.1) is 0 Å². The van der Waals surface area contributed by atoms with E-state index in [2.05, 4.69) is 6.92 Å². The molecule has 0 unspecified atom stereocenters. The maximum absolute atomic E-state index is 5.58. The third-order valence-corrected chi connectivity index (χ3v) is 1.04. The summed E-state index contributed by atoms with van der Waals surface area (Å²) in [7, 11) is 0. The van der Waals surface area contributed by atoms with E-state index in [0.717, 1.165) is 18.5 Å². The average Bonchev–Trinajstić information content (AvgIpc) is 1.85. The topological polar surface area (TPSA) is 26.0 Å². The lowest BCUT2D eigenvalue weighted by molar-refractivity contribution is 0.893. The predicted molar refractivity (Wildman–Crippen MR) is 42.0 cm³/mol. The molecule has 0 saturated heterocycles. The fourth-order valence-electron chi connectivity index (χ4n) is 0.592. The molecule has 0 amide bonds. The van der Waals surface area contributed by atoms with Crippen LogP contribution in [0.2, 0.25) is 0 Å². The lowest BCUT2D eigenvalue weighted by atomic mass is 10.2. The van der Waals surface area contributed by atoms with Crippen molar-refractivity contribution in [2.75, 3.05) is 0 Å². The molecule has 0 aliphatic rings. The van der Waals surface area contributed by atoms with Gasteiger partial charge in [-0.15, -0.1) is 0 Å². The Bertz CT molecular complexity index is 112. The Morgan fingerprint density at radius 2 is 2.22 bits per heavy atom. The van der Waals surface area contributed by atoms with E-state index in [1.54, 1.807) is 0 Å². The number of hydrogen-bond acceptors (Lipinski definition) is 1. The van der Waals surface area contributed by atoms with E-state index in [0.29, 0.717) is 0 Å². The summed E-state index contributed by atoms with van der Waals surface area (Å²) in [5, 5.41) is 0. The molecule has 0 radical (unpaired) electrons. The van der Waals surface area contributed by atoms with Crippen molar-refractivity contribution in [2.45, 2.75) is 26.7 Å². The molecule has 0 bridgehead atoms. The first-order chi connectivity index (χ1) is 4.31. The molecule has 0 aliphatic carbocycles. The first-order valence-corrected chi connectivity index (χ1v) is 3.38. The summed E-state index contributed by atoms with van der Waals surface area (Å²) < 4.78 is 0. The highest BCUT2D eigenvalue weighted by atomic mass is 14.6. The van der Waals surface area contributed by atoms with E-state index >= 15 is 0 Å². The van der Waals surface area contributed by atoms with E-state index in [4.69, 9.17) is 5.73 Å². The van der Waals surface area contributed by atoms with Crippen LogP contribution in [0, 0.1) is 0 Å². The highest BCUT2D eigenvalue weighted by molar-refractivity contribution is 5.08. The fourth-order valence-corrected chi connectivity index (χ4v) is 0.592. The van der Waals surface area contributed by atoms with E-state index in [9.17, 15) is 0 Å². The Balaban J connectivity index is 3.55. The monoisotopic (exact) mass is 125 g/mol. The van der Waals surface area contributed by atoms with Gasteiger partial charge < -0.3 is 5.73 Å². The van der Waals surface area contributed by atoms with Gasteiger partial charge in [0.25, 0.3) is 0 Å². The van der Waals surface area contributed by atoms with Gasteiger partial charge in [-0.25, -0.2) is 0 Å². The van der Waals surface area contributed by atoms with Gasteiger partial charge in [-0.3, -0.25) is 0 Å². The van der Waals surface area contributed by atoms with Crippen LogP contribution in [0.1, 0.15) is 26.7 Å². The Morgan fingerprint density at radius 3 is 2.67 bits per heavy atom. The standard InChI is InChI=1S/C8H15N/c1-3-5-7-8(9)6-4-2/h3,5,7H,4,6,9H2,1-2H3/b5-3-,8-7-. The minimum atomic E-state index is 0.968. The third-order valence-electron chi connectivity index (χ3n) is 1.04. The number of hydrogen-bond donors (Lipinski definition) is 1. The van der Waals surface area contributed by atoms with Gasteiger partial charge in [0.2, 0.25) is 0 Å². The molecular formula is C8H15N. The van der Waals surface area contributed by atoms with Crippen molar-refractivity contribution in [3.63, 3.8) is 0 Å². The van der Waals surface area contributed by atoms with Gasteiger partial charge in [-0.1, -0.05) is 25.5 Å². The van der Waals surface area contributed by atoms with Crippen LogP contribution >= 0.6 is 0 Å². The van der Waals surface area contributed by atoms with Crippen LogP contribution in [0.25, 0.3) is 0 Å². The van der Waals surface area contributed by atoms with E-state index in [-0.39, 0.29) is 0 Å². The second kappa shape index (κ2) is 5.42. The Morgan fingerprint density at radius 1 is 1.56 bits per heavy atom. The fraction of sp³-hybridized carbons (Fsp3) is 0.500. The van der Waals surface area contributed by atoms with Crippen LogP contribution in [0.5, 0.6) is 0 Å². The summed E-state index contributed by atoms with van der Waals surface area (Å²) in [6.45, 7) is 4.10. The number of nitrogens with two attached hydrogens (primary N) is 1. The number of rotatable bonds is 3. The second-order valence-corrected chi connectivity index (χ2v) is 2.02. The quantitative estimate of drug-likeness (QED) is 0.575. The predicted octanol–water partition coefficient (Wildman–Crippen LogP) is 2.21. The molecule has 1 nitrogen and oxygen atoms in total. The zero-order valence-corrected chi connectivity index (χ0v) is 6.22. The van der Waals surface area contributed by atoms with Crippen molar-refractivity contribution in [3.05, 3.63) is 23.9 Å². The van der Waals surface area contributed by atoms with Gasteiger partial charge in [0.15, 0.2) is 0 Å². The highest BCUT2D eigenvalue weighted by Crippen LogP contribution is 1.95. The van der Waals surface area contributed by atoms with Crippen LogP contribution in [0.15, 0.2) is 23.9 Å². The first kappa shape index (κ1) is 8.28. The van der Waals surface area contributed by atoms with Crippen molar-refractivity contribution in [1.29, 1.82) is 0 Å². The molecule has 52 valence electrons. The summed E-state index contributed by atoms with van der Waals surface area (Å²) in [6.07, 6.45) is 8.02. The van der Waals surface area contributed by atoms with Crippen LogP contribution in [0.4, 0.5) is 0 Å². The molecule has 2 N–H and O–H groups in total. The molecular weight excluding hydrogens is 110 g/mol. The van der Waals surface area contributed by atoms with Gasteiger partial charge in [-0.05, 0) is 19.4 Å². The van der Waals surface area contributed by atoms with Crippen molar-refractivity contribution in [3.8, 4) is 0 Å². The van der Waals surface area contributed by atoms with Gasteiger partial charge >= 0.3 is 0 Å². The molecule has 0 spiro atoms. The SMILES string of the molecule is C/C=C\C=C(/N)CCC. The van der Waals surface area contributed by atoms with E-state index in [1.807, 2.05) is 25.2 Å². The third kappa shape index (κ3) is 5.15. The zero-order valence-electron chi connectivity index (χ0n) is 6.22. The molecule has 9 heavy (non-hydrogen) atoms. The summed E-state index contributed by atoms with van der Waals surface area (Å²) in [5.41, 5.74) is 6.55. The average molecular weight is 125 g/mol. The Kier molecular flexibility index (Phi) is 4.98. The molecule has 0 atom stereocenters. The van der Waals surface area contributed by atoms with Crippen molar-refractivity contribution >= 4 is 0 Å². The molecule has 0 saturated carbocycles. The summed E-state index contributed by atoms with van der Waals surface area (Å²) in [5.74, 6) is 0. The van der Waals surface area contributed by atoms with Crippen molar-refractivity contribution < 1.29 is 0 Å². The molecule has 0 heterocycles. The lowest BCUT2D eigenvalue weighted by Crippen LogP contribution is -1.94. The van der Waals surface area contributed by atoms with Crippen LogP contribution in [0.3, 0.4) is 0 Å². The molecule has 0 aromatic rings. The number of allylic oxidation sites excluding steroid dienone is 4. The molecule has 0 fully saturated rings. The summed E-state index contributed by atoms with van der Waals surface area (Å²) >= 11 is 0. The van der Waals surface area contributed by atoms with Crippen LogP contribution < -0.4 is 5.73 Å². The van der Waals surface area contributed by atoms with Crippen LogP contribution in [-0.4, -0.2) is 0 Å². The first-order valence-electron chi connectivity index (χ1n) is 3.38. The molecule has 0 aromatic carbocycles. The maximum atomic E-state index is 5.58. The minimum Gasteiger partial charge on any atom is -0.402 e. The van der Waals surface area contributed by atoms with Crippen molar-refractivity contribution in [2.24, 2.45) is 5.73 Å². The van der Waals surface area contributed by atoms with Gasteiger partial charge in [-0.2, -0.15) is 0 Å².